The van der Waals surface area contributed by atoms with Crippen LogP contribution in [-0.4, -0.2) is 59.2 Å². The molecule has 0 aromatic heterocycles. The van der Waals surface area contributed by atoms with Gasteiger partial charge in [0, 0.05) is 16.1 Å². The molecule has 0 bridgehead atoms. The molecule has 0 fully saturated rings. The van der Waals surface area contributed by atoms with Crippen molar-refractivity contribution in [2.75, 3.05) is 0 Å². The van der Waals surface area contributed by atoms with Crippen LogP contribution in [0.15, 0.2) is 54.6 Å². The van der Waals surface area contributed by atoms with Gasteiger partial charge in [0.15, 0.2) is 11.5 Å². The molecule has 0 N–H and O–H groups in total. The van der Waals surface area contributed by atoms with Crippen molar-refractivity contribution in [1.29, 1.82) is 0 Å². The lowest BCUT2D eigenvalue weighted by molar-refractivity contribution is -0.382. The third-order valence-electron chi connectivity index (χ3n) is 5.46. The quantitative estimate of drug-likeness (QED) is 0.0929. The molecule has 1 unspecified atom stereocenters. The summed E-state index contributed by atoms with van der Waals surface area (Å²) in [7, 11) is -8.05. The smallest absolute Gasteiger partial charge is 0.391 e. The topological polar surface area (TPSA) is 69.7 Å². The zero-order chi connectivity index (χ0) is 37.7. The highest BCUT2D eigenvalue weighted by molar-refractivity contribution is 7.88. The molecular formula is C22H9ClF18O5S2. The maximum atomic E-state index is 14.5. The van der Waals surface area contributed by atoms with Crippen LogP contribution < -0.4 is 0 Å². The fourth-order valence-corrected chi connectivity index (χ4v) is 4.73. The van der Waals surface area contributed by atoms with E-state index in [-0.39, 0.29) is 0 Å². The molecule has 0 aliphatic carbocycles. The normalized spacial score (nSPS) is 15.9. The average molecular weight is 795 g/mol. The minimum atomic E-state index is -8.05. The van der Waals surface area contributed by atoms with Crippen molar-refractivity contribution in [2.24, 2.45) is 0 Å². The van der Waals surface area contributed by atoms with Crippen molar-refractivity contribution in [3.63, 3.8) is 0 Å². The van der Waals surface area contributed by atoms with Crippen LogP contribution in [-0.2, 0) is 29.6 Å². The highest BCUT2D eigenvalue weighted by Gasteiger charge is 2.87. The number of alkyl halides is 18. The summed E-state index contributed by atoms with van der Waals surface area (Å²) in [5, 5.41) is -15.3. The van der Waals surface area contributed by atoms with Crippen molar-refractivity contribution in [3.8, 4) is 0 Å². The molecule has 2 aromatic rings. The van der Waals surface area contributed by atoms with E-state index in [1.165, 1.54) is 0 Å². The van der Waals surface area contributed by atoms with Gasteiger partial charge in [-0.1, -0.05) is 41.9 Å². The molecule has 0 saturated carbocycles. The molecule has 0 aliphatic heterocycles. The van der Waals surface area contributed by atoms with Gasteiger partial charge in [-0.2, -0.15) is 87.4 Å². The van der Waals surface area contributed by atoms with Crippen LogP contribution >= 0.6 is 11.6 Å². The first-order valence-corrected chi connectivity index (χ1v) is 14.1. The second-order valence-electron chi connectivity index (χ2n) is 8.71. The van der Waals surface area contributed by atoms with Crippen molar-refractivity contribution >= 4 is 44.3 Å². The predicted molar refractivity (Wildman–Crippen MR) is 126 cm³/mol. The van der Waals surface area contributed by atoms with Crippen LogP contribution in [0.2, 0.25) is 5.02 Å². The Hall–Kier alpha value is -3.09. The summed E-state index contributed by atoms with van der Waals surface area (Å²) >= 11 is -0.0936. The van der Waals surface area contributed by atoms with E-state index in [4.69, 9.17) is 11.6 Å². The second-order valence-corrected chi connectivity index (χ2v) is 11.9. The van der Waals surface area contributed by atoms with Crippen LogP contribution in [0.1, 0.15) is 11.1 Å². The second kappa shape index (κ2) is 12.7. The number of benzene rings is 2. The molecule has 0 radical (unpaired) electrons. The van der Waals surface area contributed by atoms with Crippen LogP contribution in [0, 0.1) is 0 Å². The van der Waals surface area contributed by atoms with E-state index in [0.717, 1.165) is 18.2 Å². The van der Waals surface area contributed by atoms with Gasteiger partial charge in [0.2, 0.25) is 0 Å². The third-order valence-corrected chi connectivity index (χ3v) is 7.97. The molecule has 272 valence electrons. The molecule has 0 amide bonds. The summed E-state index contributed by atoms with van der Waals surface area (Å²) < 4.78 is 286. The summed E-state index contributed by atoms with van der Waals surface area (Å²) in [5.41, 5.74) is -2.54. The van der Waals surface area contributed by atoms with Gasteiger partial charge < -0.3 is 8.37 Å². The molecule has 5 nitrogen and oxygen atoms in total. The summed E-state index contributed by atoms with van der Waals surface area (Å²) in [4.78, 5) is 0. The Bertz CT molecular complexity index is 1640. The molecule has 2 rings (SSSR count). The summed E-state index contributed by atoms with van der Waals surface area (Å²) in [6.45, 7) is 0. The Kier molecular flexibility index (Phi) is 10.8. The van der Waals surface area contributed by atoms with E-state index in [1.807, 2.05) is 0 Å². The molecule has 0 heterocycles. The monoisotopic (exact) mass is 794 g/mol. The molecule has 0 aliphatic rings. The van der Waals surface area contributed by atoms with Gasteiger partial charge in [-0.05, 0) is 24.3 Å². The van der Waals surface area contributed by atoms with Crippen molar-refractivity contribution in [3.05, 3.63) is 70.7 Å². The first-order valence-electron chi connectivity index (χ1n) is 11.2. The van der Waals surface area contributed by atoms with Gasteiger partial charge in [0.25, 0.3) is 11.1 Å². The van der Waals surface area contributed by atoms with Gasteiger partial charge in [-0.3, -0.25) is 0 Å². The van der Waals surface area contributed by atoms with E-state index >= 15 is 0 Å². The summed E-state index contributed by atoms with van der Waals surface area (Å²) in [6.07, 6.45) is -15.1. The summed E-state index contributed by atoms with van der Waals surface area (Å²) in [5.74, 6) is -35.9. The zero-order valence-corrected chi connectivity index (χ0v) is 24.1. The van der Waals surface area contributed by atoms with Gasteiger partial charge in [-0.15, -0.1) is 0 Å². The van der Waals surface area contributed by atoms with Gasteiger partial charge in [0.05, 0.1) is 0 Å². The minimum Gasteiger partial charge on any atom is -0.391 e. The van der Waals surface area contributed by atoms with Gasteiger partial charge in [-0.25, -0.2) is 4.21 Å². The van der Waals surface area contributed by atoms with E-state index in [1.54, 1.807) is 0 Å². The average Bonchev–Trinajstić information content (AvgIpc) is 2.93. The lowest BCUT2D eigenvalue weighted by Gasteiger charge is -2.33. The Morgan fingerprint density at radius 1 is 0.562 bits per heavy atom. The molecule has 48 heavy (non-hydrogen) atoms. The molecule has 2 aromatic carbocycles. The molecule has 0 saturated heterocycles. The first kappa shape index (κ1) is 41.1. The fraction of sp³-hybridized carbons (Fsp3) is 0.364. The molecule has 26 heteroatoms. The van der Waals surface area contributed by atoms with Gasteiger partial charge in [0.1, 0.15) is 0 Å². The van der Waals surface area contributed by atoms with Crippen LogP contribution in [0.5, 0.6) is 0 Å². The SMILES string of the molecule is O=S(O/C(=C(\OS(=O)(=O)C(F)(F)C(F)(F)C(F)(F)C(F)(F)F)c1ccc(Cl)cc1)c1ccccc1)C(F)(F)C(F)(F)C(F)(F)C(F)(F)F. The number of halogens is 19. The fourth-order valence-electron chi connectivity index (χ4n) is 2.90. The Balaban J connectivity index is 2.96. The minimum absolute atomic E-state index is 0.327. The van der Waals surface area contributed by atoms with E-state index < -0.39 is 95.4 Å². The summed E-state index contributed by atoms with van der Waals surface area (Å²) in [6, 6.07) is 5.08. The largest absolute Gasteiger partial charge is 0.460 e. The zero-order valence-electron chi connectivity index (χ0n) is 21.7. The standard InChI is InChI=1S/C22H9ClF18O5S2/c23-12-8-6-11(7-9-12)14(46-48(43,44)22(40,41)18(30,31)16(26,27)20(35,36)37)13(10-4-2-1-3-5-10)45-47(42)21(38,39)17(28,29)15(24,25)19(32,33)34/h1-9H/b14-13-. The Labute approximate surface area is 261 Å². The number of hydrogen-bond donors (Lipinski definition) is 0. The highest BCUT2D eigenvalue weighted by Crippen LogP contribution is 2.57. The maximum Gasteiger partial charge on any atom is 0.460 e. The maximum absolute atomic E-state index is 14.5. The van der Waals surface area contributed by atoms with E-state index in [9.17, 15) is 91.7 Å². The van der Waals surface area contributed by atoms with Crippen molar-refractivity contribution < 1.29 is 100 Å². The molecule has 0 spiro atoms. The first-order chi connectivity index (χ1) is 21.2. The molecular weight excluding hydrogens is 786 g/mol. The highest BCUT2D eigenvalue weighted by atomic mass is 35.5. The lowest BCUT2D eigenvalue weighted by Crippen LogP contribution is -2.63. The lowest BCUT2D eigenvalue weighted by atomic mass is 10.1. The van der Waals surface area contributed by atoms with Crippen LogP contribution in [0.4, 0.5) is 79.0 Å². The number of hydrogen-bond acceptors (Lipinski definition) is 5. The van der Waals surface area contributed by atoms with Crippen molar-refractivity contribution in [2.45, 2.75) is 46.6 Å². The van der Waals surface area contributed by atoms with E-state index in [0.29, 0.717) is 36.4 Å². The predicted octanol–water partition coefficient (Wildman–Crippen LogP) is 9.04. The number of rotatable bonds is 12. The van der Waals surface area contributed by atoms with Gasteiger partial charge >= 0.3 is 56.7 Å². The van der Waals surface area contributed by atoms with Crippen LogP contribution in [0.3, 0.4) is 0 Å². The Morgan fingerprint density at radius 3 is 1.38 bits per heavy atom. The van der Waals surface area contributed by atoms with Crippen molar-refractivity contribution in [1.82, 2.24) is 0 Å². The third kappa shape index (κ3) is 6.85. The molecule has 1 atom stereocenters. The Morgan fingerprint density at radius 2 is 0.958 bits per heavy atom. The van der Waals surface area contributed by atoms with E-state index in [2.05, 4.69) is 8.37 Å². The van der Waals surface area contributed by atoms with Crippen LogP contribution in [0.25, 0.3) is 11.5 Å².